The number of benzene rings is 2. The maximum Gasteiger partial charge on any atom is 0.251 e. The van der Waals surface area contributed by atoms with E-state index in [-0.39, 0.29) is 5.91 Å². The zero-order chi connectivity index (χ0) is 26.0. The summed E-state index contributed by atoms with van der Waals surface area (Å²) >= 11 is 0. The molecule has 1 aliphatic carbocycles. The van der Waals surface area contributed by atoms with Crippen LogP contribution in [0.4, 0.5) is 5.69 Å². The molecule has 0 atom stereocenters. The quantitative estimate of drug-likeness (QED) is 0.308. The van der Waals surface area contributed by atoms with Crippen molar-refractivity contribution in [1.82, 2.24) is 10.2 Å². The normalized spacial score (nSPS) is 16.9. The minimum absolute atomic E-state index is 0.00818. The van der Waals surface area contributed by atoms with Crippen LogP contribution in [0, 0.1) is 6.92 Å². The number of anilines is 1. The van der Waals surface area contributed by atoms with Crippen molar-refractivity contribution in [2.24, 2.45) is 0 Å². The number of nitrogens with two attached hydrogens (primary N) is 1. The molecule has 0 aromatic heterocycles. The molecular formula is C32H43N3O2. The summed E-state index contributed by atoms with van der Waals surface area (Å²) in [5.41, 5.74) is 16.0. The molecule has 0 saturated carbocycles. The number of nitrogen functional groups attached to an aromatic ring is 1. The van der Waals surface area contributed by atoms with Gasteiger partial charge in [-0.25, -0.2) is 0 Å². The number of carbonyl (C=O) groups excluding carboxylic acids is 1. The highest BCUT2D eigenvalue weighted by atomic mass is 16.5. The van der Waals surface area contributed by atoms with Gasteiger partial charge in [0.1, 0.15) is 0 Å². The predicted molar refractivity (Wildman–Crippen MR) is 155 cm³/mol. The third-order valence-corrected chi connectivity index (χ3v) is 7.57. The van der Waals surface area contributed by atoms with Crippen molar-refractivity contribution in [2.45, 2.75) is 58.8 Å². The summed E-state index contributed by atoms with van der Waals surface area (Å²) in [5, 5.41) is 3.08. The van der Waals surface area contributed by atoms with Crippen LogP contribution in [-0.2, 0) is 11.2 Å². The highest BCUT2D eigenvalue weighted by Crippen LogP contribution is 2.39. The number of morpholine rings is 1. The van der Waals surface area contributed by atoms with Gasteiger partial charge in [-0.05, 0) is 98.9 Å². The molecule has 2 aliphatic rings. The average molecular weight is 502 g/mol. The molecule has 4 rings (SSSR count). The molecule has 1 saturated heterocycles. The van der Waals surface area contributed by atoms with Crippen LogP contribution in [0.25, 0.3) is 11.6 Å². The molecular weight excluding hydrogens is 458 g/mol. The summed E-state index contributed by atoms with van der Waals surface area (Å²) in [6.45, 7) is 9.66. The lowest BCUT2D eigenvalue weighted by Gasteiger charge is -2.26. The van der Waals surface area contributed by atoms with Crippen LogP contribution in [0.15, 0.2) is 48.0 Å². The van der Waals surface area contributed by atoms with Gasteiger partial charge in [0.2, 0.25) is 0 Å². The van der Waals surface area contributed by atoms with E-state index in [1.165, 1.54) is 40.7 Å². The van der Waals surface area contributed by atoms with E-state index < -0.39 is 0 Å². The molecule has 1 amide bonds. The fourth-order valence-corrected chi connectivity index (χ4v) is 5.48. The molecule has 2 aromatic carbocycles. The van der Waals surface area contributed by atoms with Gasteiger partial charge in [0.05, 0.1) is 13.2 Å². The number of nitrogens with one attached hydrogen (secondary N) is 1. The summed E-state index contributed by atoms with van der Waals surface area (Å²) in [7, 11) is 0. The molecule has 0 spiro atoms. The van der Waals surface area contributed by atoms with E-state index in [0.29, 0.717) is 6.54 Å². The predicted octanol–water partition coefficient (Wildman–Crippen LogP) is 6.02. The smallest absolute Gasteiger partial charge is 0.251 e. The van der Waals surface area contributed by atoms with Crippen LogP contribution in [0.1, 0.15) is 78.1 Å². The summed E-state index contributed by atoms with van der Waals surface area (Å²) < 4.78 is 5.40. The number of hydrogen-bond acceptors (Lipinski definition) is 4. The minimum Gasteiger partial charge on any atom is -0.398 e. The Morgan fingerprint density at radius 3 is 2.59 bits per heavy atom. The second-order valence-electron chi connectivity index (χ2n) is 10.3. The zero-order valence-corrected chi connectivity index (χ0v) is 22.7. The highest BCUT2D eigenvalue weighted by molar-refractivity contribution is 5.94. The summed E-state index contributed by atoms with van der Waals surface area (Å²) in [4.78, 5) is 15.1. The van der Waals surface area contributed by atoms with E-state index in [2.05, 4.69) is 54.4 Å². The Balaban J connectivity index is 1.43. The van der Waals surface area contributed by atoms with E-state index in [1.54, 1.807) is 0 Å². The lowest BCUT2D eigenvalue weighted by Crippen LogP contribution is -2.38. The molecule has 1 aliphatic heterocycles. The first kappa shape index (κ1) is 27.2. The second-order valence-corrected chi connectivity index (χ2v) is 10.3. The van der Waals surface area contributed by atoms with Gasteiger partial charge in [0, 0.05) is 36.4 Å². The van der Waals surface area contributed by atoms with Gasteiger partial charge < -0.3 is 15.8 Å². The van der Waals surface area contributed by atoms with E-state index in [9.17, 15) is 4.79 Å². The Morgan fingerprint density at radius 1 is 1.08 bits per heavy atom. The molecule has 2 aromatic rings. The van der Waals surface area contributed by atoms with Crippen LogP contribution < -0.4 is 11.1 Å². The highest BCUT2D eigenvalue weighted by Gasteiger charge is 2.20. The van der Waals surface area contributed by atoms with Gasteiger partial charge >= 0.3 is 0 Å². The first-order valence-electron chi connectivity index (χ1n) is 14.0. The molecule has 5 heteroatoms. The summed E-state index contributed by atoms with van der Waals surface area (Å²) in [5.74, 6) is 0.00818. The fourth-order valence-electron chi connectivity index (χ4n) is 5.48. The Kier molecular flexibility index (Phi) is 9.98. The van der Waals surface area contributed by atoms with Gasteiger partial charge in [0.15, 0.2) is 0 Å². The molecule has 1 heterocycles. The molecule has 198 valence electrons. The van der Waals surface area contributed by atoms with Gasteiger partial charge in [-0.3, -0.25) is 9.69 Å². The SMILES string of the molecule is CC/C=C/c1c(N)ccc(C)c1C1=C(Cc2ccc(C(=O)NCCCN3CCOCC3)cc2)CCCC1. The van der Waals surface area contributed by atoms with Crippen LogP contribution >= 0.6 is 0 Å². The van der Waals surface area contributed by atoms with Crippen molar-refractivity contribution in [1.29, 1.82) is 0 Å². The Morgan fingerprint density at radius 2 is 1.84 bits per heavy atom. The van der Waals surface area contributed by atoms with Crippen molar-refractivity contribution < 1.29 is 9.53 Å². The maximum absolute atomic E-state index is 12.7. The van der Waals surface area contributed by atoms with Crippen molar-refractivity contribution in [2.75, 3.05) is 45.1 Å². The number of nitrogens with zero attached hydrogens (tertiary/aromatic N) is 1. The summed E-state index contributed by atoms with van der Waals surface area (Å²) in [6.07, 6.45) is 11.9. The number of carbonyl (C=O) groups is 1. The van der Waals surface area contributed by atoms with Crippen LogP contribution in [0.2, 0.25) is 0 Å². The third kappa shape index (κ3) is 7.33. The Hall–Kier alpha value is -2.89. The number of amides is 1. The van der Waals surface area contributed by atoms with Gasteiger partial charge in [-0.2, -0.15) is 0 Å². The monoisotopic (exact) mass is 501 g/mol. The largest absolute Gasteiger partial charge is 0.398 e. The second kappa shape index (κ2) is 13.6. The van der Waals surface area contributed by atoms with Gasteiger partial charge in [-0.15, -0.1) is 0 Å². The number of allylic oxidation sites excluding steroid dienone is 3. The number of aryl methyl sites for hydroxylation is 1. The van der Waals surface area contributed by atoms with Crippen molar-refractivity contribution in [3.8, 4) is 0 Å². The van der Waals surface area contributed by atoms with Gasteiger partial charge in [-0.1, -0.05) is 42.8 Å². The summed E-state index contributed by atoms with van der Waals surface area (Å²) in [6, 6.07) is 12.4. The van der Waals surface area contributed by atoms with Crippen LogP contribution in [-0.4, -0.2) is 50.2 Å². The average Bonchev–Trinajstić information content (AvgIpc) is 2.93. The Labute approximate surface area is 222 Å². The maximum atomic E-state index is 12.7. The molecule has 5 nitrogen and oxygen atoms in total. The van der Waals surface area contributed by atoms with Crippen molar-refractivity contribution in [3.05, 3.63) is 75.9 Å². The molecule has 1 fully saturated rings. The third-order valence-electron chi connectivity index (χ3n) is 7.57. The first-order valence-corrected chi connectivity index (χ1v) is 14.0. The topological polar surface area (TPSA) is 67.6 Å². The molecule has 3 N–H and O–H groups in total. The van der Waals surface area contributed by atoms with E-state index >= 15 is 0 Å². The standard InChI is InChI=1S/C32H43N3O2/c1-3-4-9-29-30(33)16-11-24(2)31(29)28-10-6-5-8-27(28)23-25-12-14-26(15-13-25)32(36)34-17-7-18-35-19-21-37-22-20-35/h4,9,11-16H,3,5-8,10,17-23,33H2,1-2H3,(H,34,36)/b9-4+. The zero-order valence-electron chi connectivity index (χ0n) is 22.7. The van der Waals surface area contributed by atoms with Crippen molar-refractivity contribution in [3.63, 3.8) is 0 Å². The molecule has 0 radical (unpaired) electrons. The van der Waals surface area contributed by atoms with Crippen LogP contribution in [0.5, 0.6) is 0 Å². The number of hydrogen-bond donors (Lipinski definition) is 2. The Bertz CT molecular complexity index is 1110. The minimum atomic E-state index is 0.00818. The molecule has 37 heavy (non-hydrogen) atoms. The molecule has 0 bridgehead atoms. The number of rotatable bonds is 10. The fraction of sp³-hybridized carbons (Fsp3) is 0.469. The first-order chi connectivity index (χ1) is 18.1. The molecule has 0 unspecified atom stereocenters. The van der Waals surface area contributed by atoms with Crippen LogP contribution in [0.3, 0.4) is 0 Å². The lowest BCUT2D eigenvalue weighted by atomic mass is 9.81. The van der Waals surface area contributed by atoms with E-state index in [4.69, 9.17) is 10.5 Å². The number of ether oxygens (including phenoxy) is 1. The van der Waals surface area contributed by atoms with Gasteiger partial charge in [0.25, 0.3) is 5.91 Å². The van der Waals surface area contributed by atoms with E-state index in [1.807, 2.05) is 18.2 Å². The van der Waals surface area contributed by atoms with Crippen molar-refractivity contribution >= 4 is 23.2 Å². The lowest BCUT2D eigenvalue weighted by molar-refractivity contribution is 0.0374. The van der Waals surface area contributed by atoms with E-state index in [0.717, 1.165) is 81.8 Å².